The van der Waals surface area contributed by atoms with Crippen LogP contribution in [-0.4, -0.2) is 17.4 Å². The van der Waals surface area contributed by atoms with Gasteiger partial charge in [-0.25, -0.2) is 0 Å². The van der Waals surface area contributed by atoms with Gasteiger partial charge in [-0.1, -0.05) is 32.1 Å². The maximum Gasteiger partial charge on any atom is 0.224 e. The lowest BCUT2D eigenvalue weighted by Gasteiger charge is -2.34. The van der Waals surface area contributed by atoms with Crippen LogP contribution >= 0.6 is 0 Å². The van der Waals surface area contributed by atoms with Crippen LogP contribution in [0.3, 0.4) is 0 Å². The minimum Gasteiger partial charge on any atom is -0.369 e. The van der Waals surface area contributed by atoms with Crippen LogP contribution in [0.25, 0.3) is 0 Å². The van der Waals surface area contributed by atoms with Gasteiger partial charge in [0.05, 0.1) is 0 Å². The number of rotatable bonds is 8. The van der Waals surface area contributed by atoms with E-state index in [0.29, 0.717) is 5.92 Å². The second-order valence-electron chi connectivity index (χ2n) is 8.41. The first-order valence-corrected chi connectivity index (χ1v) is 8.87. The summed E-state index contributed by atoms with van der Waals surface area (Å²) in [4.78, 5) is 24.7. The zero-order valence-corrected chi connectivity index (χ0v) is 14.4. The number of primary amides is 1. The summed E-state index contributed by atoms with van der Waals surface area (Å²) in [5.41, 5.74) is 5.39. The second-order valence-corrected chi connectivity index (χ2v) is 8.41. The van der Waals surface area contributed by atoms with Gasteiger partial charge in [-0.05, 0) is 51.9 Å². The van der Waals surface area contributed by atoms with Crippen LogP contribution in [-0.2, 0) is 9.59 Å². The van der Waals surface area contributed by atoms with Crippen molar-refractivity contribution in [2.24, 2.45) is 29.4 Å². The lowest BCUT2D eigenvalue weighted by molar-refractivity contribution is -0.135. The van der Waals surface area contributed by atoms with Gasteiger partial charge in [0.2, 0.25) is 11.8 Å². The highest BCUT2D eigenvalue weighted by molar-refractivity contribution is 5.87. The fourth-order valence-electron chi connectivity index (χ4n) is 3.37. The maximum atomic E-state index is 12.7. The summed E-state index contributed by atoms with van der Waals surface area (Å²) in [6.45, 7) is 5.94. The molecule has 0 aromatic rings. The third kappa shape index (κ3) is 5.29. The summed E-state index contributed by atoms with van der Waals surface area (Å²) in [7, 11) is 0. The fraction of sp³-hybridized carbons (Fsp3) is 0.889. The van der Waals surface area contributed by atoms with Crippen LogP contribution in [0.2, 0.25) is 0 Å². The molecule has 4 nitrogen and oxygen atoms in total. The molecule has 2 unspecified atom stereocenters. The van der Waals surface area contributed by atoms with Crippen LogP contribution in [0.1, 0.15) is 72.1 Å². The van der Waals surface area contributed by atoms with Crippen molar-refractivity contribution in [3.63, 3.8) is 0 Å². The van der Waals surface area contributed by atoms with Crippen LogP contribution in [0.4, 0.5) is 0 Å². The summed E-state index contributed by atoms with van der Waals surface area (Å²) in [5.74, 6) is 0.521. The van der Waals surface area contributed by atoms with Crippen LogP contribution in [0.5, 0.6) is 0 Å². The highest BCUT2D eigenvalue weighted by Gasteiger charge is 2.37. The van der Waals surface area contributed by atoms with Crippen molar-refractivity contribution in [3.8, 4) is 0 Å². The molecule has 2 amide bonds. The number of hydrogen-bond donors (Lipinski definition) is 2. The first-order valence-electron chi connectivity index (χ1n) is 8.87. The minimum absolute atomic E-state index is 0.0130. The zero-order chi connectivity index (χ0) is 16.3. The highest BCUT2D eigenvalue weighted by Crippen LogP contribution is 2.39. The van der Waals surface area contributed by atoms with Crippen molar-refractivity contribution in [2.45, 2.75) is 77.7 Å². The van der Waals surface area contributed by atoms with E-state index in [2.05, 4.69) is 5.32 Å². The quantitative estimate of drug-likeness (QED) is 0.723. The average Bonchev–Trinajstić information content (AvgIpc) is 3.11. The number of hydrogen-bond acceptors (Lipinski definition) is 2. The molecular weight excluding hydrogens is 276 g/mol. The third-order valence-corrected chi connectivity index (χ3v) is 5.08. The Morgan fingerprint density at radius 2 is 1.73 bits per heavy atom. The highest BCUT2D eigenvalue weighted by atomic mass is 16.2. The molecule has 3 N–H and O–H groups in total. The molecule has 0 aromatic carbocycles. The van der Waals surface area contributed by atoms with Crippen LogP contribution < -0.4 is 11.1 Å². The third-order valence-electron chi connectivity index (χ3n) is 5.08. The monoisotopic (exact) mass is 308 g/mol. The minimum atomic E-state index is -0.302. The molecule has 2 aliphatic carbocycles. The Morgan fingerprint density at radius 3 is 2.14 bits per heavy atom. The fourth-order valence-corrected chi connectivity index (χ4v) is 3.37. The molecule has 0 saturated heterocycles. The number of nitrogens with two attached hydrogens (primary N) is 1. The Morgan fingerprint density at radius 1 is 1.09 bits per heavy atom. The summed E-state index contributed by atoms with van der Waals surface area (Å²) < 4.78 is 0. The molecular formula is C18H32N2O2. The SMILES string of the molecule is CC(C)(C)NC(=O)C(CC1CCC1)C(CCC1CC1)C(N)=O. The smallest absolute Gasteiger partial charge is 0.224 e. The summed E-state index contributed by atoms with van der Waals surface area (Å²) in [5, 5.41) is 3.06. The molecule has 126 valence electrons. The van der Waals surface area contributed by atoms with E-state index in [-0.39, 0.29) is 29.2 Å². The van der Waals surface area contributed by atoms with Crippen molar-refractivity contribution >= 4 is 11.8 Å². The Kier molecular flexibility index (Phi) is 5.51. The molecule has 0 aromatic heterocycles. The van der Waals surface area contributed by atoms with Gasteiger partial charge in [0, 0.05) is 17.4 Å². The molecule has 2 rings (SSSR count). The van der Waals surface area contributed by atoms with E-state index >= 15 is 0 Å². The number of amides is 2. The lowest BCUT2D eigenvalue weighted by Crippen LogP contribution is -2.48. The Labute approximate surface area is 134 Å². The second kappa shape index (κ2) is 7.01. The van der Waals surface area contributed by atoms with E-state index in [0.717, 1.165) is 25.2 Å². The maximum absolute atomic E-state index is 12.7. The van der Waals surface area contributed by atoms with E-state index < -0.39 is 0 Å². The van der Waals surface area contributed by atoms with Crippen molar-refractivity contribution in [1.82, 2.24) is 5.32 Å². The van der Waals surface area contributed by atoms with Gasteiger partial charge < -0.3 is 11.1 Å². The van der Waals surface area contributed by atoms with E-state index in [9.17, 15) is 9.59 Å². The number of carbonyl (C=O) groups is 2. The van der Waals surface area contributed by atoms with Crippen molar-refractivity contribution in [2.75, 3.05) is 0 Å². The Hall–Kier alpha value is -1.06. The molecule has 0 spiro atoms. The standard InChI is InChI=1S/C18H32N2O2/c1-18(2,3)20-17(22)15(11-13-5-4-6-13)14(16(19)21)10-9-12-7-8-12/h12-15H,4-11H2,1-3H3,(H2,19,21)(H,20,22). The molecule has 2 atom stereocenters. The zero-order valence-electron chi connectivity index (χ0n) is 14.4. The van der Waals surface area contributed by atoms with E-state index in [4.69, 9.17) is 5.73 Å². The normalized spacial score (nSPS) is 21.8. The topological polar surface area (TPSA) is 72.2 Å². The lowest BCUT2D eigenvalue weighted by atomic mass is 9.73. The van der Waals surface area contributed by atoms with Gasteiger partial charge in [0.15, 0.2) is 0 Å². The molecule has 0 bridgehead atoms. The largest absolute Gasteiger partial charge is 0.369 e. The van der Waals surface area contributed by atoms with E-state index in [1.807, 2.05) is 20.8 Å². The molecule has 2 saturated carbocycles. The number of carbonyl (C=O) groups excluding carboxylic acids is 2. The van der Waals surface area contributed by atoms with E-state index in [1.54, 1.807) is 0 Å². The van der Waals surface area contributed by atoms with Gasteiger partial charge in [-0.3, -0.25) is 9.59 Å². The Balaban J connectivity index is 2.03. The molecule has 22 heavy (non-hydrogen) atoms. The Bertz CT molecular complexity index is 406. The summed E-state index contributed by atoms with van der Waals surface area (Å²) >= 11 is 0. The van der Waals surface area contributed by atoms with Gasteiger partial charge in [-0.15, -0.1) is 0 Å². The molecule has 0 heterocycles. The molecule has 2 fully saturated rings. The van der Waals surface area contributed by atoms with Gasteiger partial charge in [0.1, 0.15) is 0 Å². The summed E-state index contributed by atoms with van der Waals surface area (Å²) in [6, 6.07) is 0. The van der Waals surface area contributed by atoms with Crippen LogP contribution in [0.15, 0.2) is 0 Å². The first-order chi connectivity index (χ1) is 10.3. The molecule has 0 aliphatic heterocycles. The van der Waals surface area contributed by atoms with Crippen molar-refractivity contribution < 1.29 is 9.59 Å². The summed E-state index contributed by atoms with van der Waals surface area (Å²) in [6.07, 6.45) is 8.80. The number of nitrogens with one attached hydrogen (secondary N) is 1. The van der Waals surface area contributed by atoms with Gasteiger partial charge in [-0.2, -0.15) is 0 Å². The average molecular weight is 308 g/mol. The predicted octanol–water partition coefficient (Wildman–Crippen LogP) is 3.00. The van der Waals surface area contributed by atoms with E-state index in [1.165, 1.54) is 32.1 Å². The molecule has 0 radical (unpaired) electrons. The van der Waals surface area contributed by atoms with Crippen molar-refractivity contribution in [3.05, 3.63) is 0 Å². The van der Waals surface area contributed by atoms with Gasteiger partial charge in [0.25, 0.3) is 0 Å². The van der Waals surface area contributed by atoms with Gasteiger partial charge >= 0.3 is 0 Å². The molecule has 2 aliphatic rings. The van der Waals surface area contributed by atoms with Crippen LogP contribution in [0, 0.1) is 23.7 Å². The molecule has 4 heteroatoms. The first kappa shape index (κ1) is 17.3. The van der Waals surface area contributed by atoms with Crippen molar-refractivity contribution in [1.29, 1.82) is 0 Å². The predicted molar refractivity (Wildman–Crippen MR) is 88.0 cm³/mol.